The van der Waals surface area contributed by atoms with Crippen LogP contribution in [0.3, 0.4) is 0 Å². The molecule has 0 unspecified atom stereocenters. The van der Waals surface area contributed by atoms with Crippen LogP contribution >= 0.6 is 11.6 Å². The van der Waals surface area contributed by atoms with Crippen molar-refractivity contribution < 1.29 is 4.52 Å². The van der Waals surface area contributed by atoms with Crippen molar-refractivity contribution in [3.8, 4) is 0 Å². The van der Waals surface area contributed by atoms with E-state index in [9.17, 15) is 0 Å². The van der Waals surface area contributed by atoms with Crippen LogP contribution in [0.4, 0.5) is 0 Å². The molecular weight excluding hydrogens is 212 g/mol. The minimum atomic E-state index is 0.265. The van der Waals surface area contributed by atoms with Gasteiger partial charge in [0.2, 0.25) is 5.89 Å². The van der Waals surface area contributed by atoms with Gasteiger partial charge in [0.15, 0.2) is 5.82 Å². The van der Waals surface area contributed by atoms with Crippen LogP contribution in [0.5, 0.6) is 0 Å². The molecule has 4 heteroatoms. The molecule has 0 N–H and O–H groups in total. The highest BCUT2D eigenvalue weighted by molar-refractivity contribution is 6.16. The van der Waals surface area contributed by atoms with Crippen molar-refractivity contribution >= 4 is 11.6 Å². The van der Waals surface area contributed by atoms with Crippen LogP contribution in [0, 0.1) is 6.92 Å². The fourth-order valence-electron chi connectivity index (χ4n) is 1.40. The van der Waals surface area contributed by atoms with Gasteiger partial charge in [-0.3, -0.25) is 0 Å². The van der Waals surface area contributed by atoms with Crippen molar-refractivity contribution in [2.45, 2.75) is 19.2 Å². The van der Waals surface area contributed by atoms with E-state index in [2.05, 4.69) is 29.2 Å². The summed E-state index contributed by atoms with van der Waals surface area (Å²) < 4.78 is 4.93. The summed E-state index contributed by atoms with van der Waals surface area (Å²) in [4.78, 5) is 4.16. The minimum Gasteiger partial charge on any atom is -0.338 e. The van der Waals surface area contributed by atoms with Crippen LogP contribution in [0.1, 0.15) is 22.8 Å². The van der Waals surface area contributed by atoms with Crippen molar-refractivity contribution in [3.63, 3.8) is 0 Å². The molecule has 1 aromatic carbocycles. The number of rotatable bonds is 3. The van der Waals surface area contributed by atoms with Gasteiger partial charge in [0.05, 0.1) is 0 Å². The maximum absolute atomic E-state index is 5.58. The summed E-state index contributed by atoms with van der Waals surface area (Å²) in [5.74, 6) is 1.42. The predicted octanol–water partition coefficient (Wildman–Crippen LogP) is 2.71. The van der Waals surface area contributed by atoms with E-state index in [0.717, 1.165) is 0 Å². The Bertz CT molecular complexity index is 453. The second-order valence-electron chi connectivity index (χ2n) is 3.34. The van der Waals surface area contributed by atoms with Gasteiger partial charge >= 0.3 is 0 Å². The van der Waals surface area contributed by atoms with Gasteiger partial charge in [-0.15, -0.1) is 11.6 Å². The van der Waals surface area contributed by atoms with Gasteiger partial charge in [-0.2, -0.15) is 4.98 Å². The summed E-state index contributed by atoms with van der Waals surface area (Å²) in [5.41, 5.74) is 2.44. The highest BCUT2D eigenvalue weighted by Gasteiger charge is 2.06. The average Bonchev–Trinajstić information content (AvgIpc) is 2.69. The second-order valence-corrected chi connectivity index (χ2v) is 3.61. The molecule has 15 heavy (non-hydrogen) atoms. The second kappa shape index (κ2) is 4.45. The van der Waals surface area contributed by atoms with Gasteiger partial charge in [0.1, 0.15) is 5.88 Å². The standard InChI is InChI=1S/C11H11ClN2O/c1-8-4-2-3-5-9(8)6-10-13-11(7-12)15-14-10/h2-5H,6-7H2,1H3. The maximum atomic E-state index is 5.58. The molecule has 2 rings (SSSR count). The fraction of sp³-hybridized carbons (Fsp3) is 0.273. The largest absolute Gasteiger partial charge is 0.338 e. The molecule has 0 aliphatic heterocycles. The highest BCUT2D eigenvalue weighted by Crippen LogP contribution is 2.11. The third-order valence-electron chi connectivity index (χ3n) is 2.23. The van der Waals surface area contributed by atoms with Gasteiger partial charge in [-0.05, 0) is 18.1 Å². The molecule has 1 heterocycles. The monoisotopic (exact) mass is 222 g/mol. The molecule has 0 radical (unpaired) electrons. The van der Waals surface area contributed by atoms with Crippen LogP contribution in [0.15, 0.2) is 28.8 Å². The Balaban J connectivity index is 2.18. The van der Waals surface area contributed by atoms with Crippen LogP contribution in [-0.2, 0) is 12.3 Å². The van der Waals surface area contributed by atoms with E-state index in [1.807, 2.05) is 12.1 Å². The SMILES string of the molecule is Cc1ccccc1Cc1noc(CCl)n1. The number of hydrogen-bond donors (Lipinski definition) is 0. The Hall–Kier alpha value is -1.35. The number of halogens is 1. The smallest absolute Gasteiger partial charge is 0.241 e. The third-order valence-corrected chi connectivity index (χ3v) is 2.46. The maximum Gasteiger partial charge on any atom is 0.241 e. The Morgan fingerprint density at radius 1 is 1.33 bits per heavy atom. The molecule has 0 amide bonds. The zero-order chi connectivity index (χ0) is 10.7. The first-order valence-electron chi connectivity index (χ1n) is 4.71. The first-order valence-corrected chi connectivity index (χ1v) is 5.25. The highest BCUT2D eigenvalue weighted by atomic mass is 35.5. The van der Waals surface area contributed by atoms with E-state index in [1.54, 1.807) is 0 Å². The van der Waals surface area contributed by atoms with E-state index < -0.39 is 0 Å². The van der Waals surface area contributed by atoms with E-state index in [0.29, 0.717) is 18.1 Å². The first-order chi connectivity index (χ1) is 7.29. The third kappa shape index (κ3) is 2.36. The van der Waals surface area contributed by atoms with E-state index in [4.69, 9.17) is 16.1 Å². The first kappa shape index (κ1) is 10.2. The average molecular weight is 223 g/mol. The number of aromatic nitrogens is 2. The van der Waals surface area contributed by atoms with Crippen LogP contribution in [-0.4, -0.2) is 10.1 Å². The molecule has 1 aromatic heterocycles. The normalized spacial score (nSPS) is 10.5. The summed E-state index contributed by atoms with van der Waals surface area (Å²) >= 11 is 5.58. The molecule has 0 atom stereocenters. The number of alkyl halides is 1. The summed E-state index contributed by atoms with van der Waals surface area (Å²) in [7, 11) is 0. The van der Waals surface area contributed by atoms with Crippen molar-refractivity contribution in [3.05, 3.63) is 47.1 Å². The zero-order valence-electron chi connectivity index (χ0n) is 8.40. The lowest BCUT2D eigenvalue weighted by Gasteiger charge is -2.00. The van der Waals surface area contributed by atoms with E-state index in [1.165, 1.54) is 11.1 Å². The predicted molar refractivity (Wildman–Crippen MR) is 57.8 cm³/mol. The van der Waals surface area contributed by atoms with Crippen molar-refractivity contribution in [1.82, 2.24) is 10.1 Å². The molecule has 0 saturated carbocycles. The molecule has 0 spiro atoms. The van der Waals surface area contributed by atoms with Crippen LogP contribution in [0.25, 0.3) is 0 Å². The molecule has 0 aliphatic carbocycles. The molecule has 2 aromatic rings. The Kier molecular flexibility index (Phi) is 3.02. The van der Waals surface area contributed by atoms with Crippen molar-refractivity contribution in [2.75, 3.05) is 0 Å². The summed E-state index contributed by atoms with van der Waals surface area (Å²) in [6.45, 7) is 2.07. The fourth-order valence-corrected chi connectivity index (χ4v) is 1.50. The lowest BCUT2D eigenvalue weighted by molar-refractivity contribution is 0.385. The Morgan fingerprint density at radius 3 is 2.80 bits per heavy atom. The van der Waals surface area contributed by atoms with Crippen LogP contribution in [0.2, 0.25) is 0 Å². The van der Waals surface area contributed by atoms with Gasteiger partial charge in [0, 0.05) is 6.42 Å². The quantitative estimate of drug-likeness (QED) is 0.750. The number of aryl methyl sites for hydroxylation is 1. The molecule has 3 nitrogen and oxygen atoms in total. The molecular formula is C11H11ClN2O. The number of benzene rings is 1. The molecule has 0 saturated heterocycles. The number of hydrogen-bond acceptors (Lipinski definition) is 3. The molecule has 0 fully saturated rings. The van der Waals surface area contributed by atoms with Gasteiger partial charge in [-0.1, -0.05) is 29.4 Å². The lowest BCUT2D eigenvalue weighted by atomic mass is 10.1. The lowest BCUT2D eigenvalue weighted by Crippen LogP contribution is -1.93. The zero-order valence-corrected chi connectivity index (χ0v) is 9.16. The van der Waals surface area contributed by atoms with Crippen LogP contribution < -0.4 is 0 Å². The Morgan fingerprint density at radius 2 is 2.13 bits per heavy atom. The van der Waals surface area contributed by atoms with E-state index in [-0.39, 0.29) is 5.88 Å². The van der Waals surface area contributed by atoms with Gasteiger partial charge in [-0.25, -0.2) is 0 Å². The minimum absolute atomic E-state index is 0.265. The van der Waals surface area contributed by atoms with Gasteiger partial charge in [0.25, 0.3) is 0 Å². The Labute approximate surface area is 93.1 Å². The number of nitrogens with zero attached hydrogens (tertiary/aromatic N) is 2. The molecule has 78 valence electrons. The summed E-state index contributed by atoms with van der Waals surface area (Å²) in [6, 6.07) is 8.15. The summed E-state index contributed by atoms with van der Waals surface area (Å²) in [5, 5.41) is 3.85. The van der Waals surface area contributed by atoms with Crippen molar-refractivity contribution in [2.24, 2.45) is 0 Å². The summed E-state index contributed by atoms with van der Waals surface area (Å²) in [6.07, 6.45) is 0.688. The topological polar surface area (TPSA) is 38.9 Å². The van der Waals surface area contributed by atoms with Crippen molar-refractivity contribution in [1.29, 1.82) is 0 Å². The molecule has 0 bridgehead atoms. The van der Waals surface area contributed by atoms with Gasteiger partial charge < -0.3 is 4.52 Å². The van der Waals surface area contributed by atoms with E-state index >= 15 is 0 Å². The molecule has 0 aliphatic rings.